The SMILES string of the molecule is Cc1ccc(NC(=O)C2CCCN(Cc3ccccc3)C2)cc1Cl. The van der Waals surface area contributed by atoms with Gasteiger partial charge in [-0.3, -0.25) is 9.69 Å². The summed E-state index contributed by atoms with van der Waals surface area (Å²) in [4.78, 5) is 14.9. The van der Waals surface area contributed by atoms with E-state index in [0.29, 0.717) is 5.02 Å². The molecule has 1 aliphatic rings. The van der Waals surface area contributed by atoms with Gasteiger partial charge in [-0.05, 0) is 49.6 Å². The van der Waals surface area contributed by atoms with Crippen LogP contribution in [0, 0.1) is 12.8 Å². The molecule has 2 aromatic carbocycles. The zero-order valence-electron chi connectivity index (χ0n) is 14.0. The van der Waals surface area contributed by atoms with Gasteiger partial charge in [-0.15, -0.1) is 0 Å². The first-order chi connectivity index (χ1) is 11.6. The van der Waals surface area contributed by atoms with Crippen molar-refractivity contribution >= 4 is 23.2 Å². The van der Waals surface area contributed by atoms with E-state index in [-0.39, 0.29) is 11.8 Å². The van der Waals surface area contributed by atoms with E-state index in [0.717, 1.165) is 43.7 Å². The predicted molar refractivity (Wildman–Crippen MR) is 99.3 cm³/mol. The van der Waals surface area contributed by atoms with E-state index in [1.807, 2.05) is 31.2 Å². The van der Waals surface area contributed by atoms with E-state index in [9.17, 15) is 4.79 Å². The summed E-state index contributed by atoms with van der Waals surface area (Å²) in [5, 5.41) is 3.70. The molecule has 1 heterocycles. The number of hydrogen-bond acceptors (Lipinski definition) is 2. The Morgan fingerprint density at radius 3 is 2.79 bits per heavy atom. The fourth-order valence-corrected chi connectivity index (χ4v) is 3.35. The van der Waals surface area contributed by atoms with Crippen LogP contribution < -0.4 is 5.32 Å². The van der Waals surface area contributed by atoms with Gasteiger partial charge in [-0.2, -0.15) is 0 Å². The van der Waals surface area contributed by atoms with Crippen molar-refractivity contribution in [1.82, 2.24) is 4.90 Å². The molecule has 0 aliphatic carbocycles. The van der Waals surface area contributed by atoms with Crippen LogP contribution in [-0.2, 0) is 11.3 Å². The Labute approximate surface area is 148 Å². The van der Waals surface area contributed by atoms with Crippen LogP contribution in [0.15, 0.2) is 48.5 Å². The lowest BCUT2D eigenvalue weighted by atomic mass is 9.96. The van der Waals surface area contributed by atoms with Crippen molar-refractivity contribution in [3.63, 3.8) is 0 Å². The summed E-state index contributed by atoms with van der Waals surface area (Å²) < 4.78 is 0. The van der Waals surface area contributed by atoms with Crippen molar-refractivity contribution in [1.29, 1.82) is 0 Å². The van der Waals surface area contributed by atoms with Crippen LogP contribution in [-0.4, -0.2) is 23.9 Å². The van der Waals surface area contributed by atoms with Gasteiger partial charge >= 0.3 is 0 Å². The molecule has 3 rings (SSSR count). The number of halogens is 1. The number of carbonyl (C=O) groups is 1. The topological polar surface area (TPSA) is 32.3 Å². The minimum atomic E-state index is 0.0301. The van der Waals surface area contributed by atoms with E-state index >= 15 is 0 Å². The molecule has 1 amide bonds. The molecule has 1 aliphatic heterocycles. The predicted octanol–water partition coefficient (Wildman–Crippen LogP) is 4.50. The van der Waals surface area contributed by atoms with Gasteiger partial charge in [0.2, 0.25) is 5.91 Å². The molecule has 24 heavy (non-hydrogen) atoms. The van der Waals surface area contributed by atoms with Crippen molar-refractivity contribution in [2.24, 2.45) is 5.92 Å². The number of likely N-dealkylation sites (tertiary alicyclic amines) is 1. The Morgan fingerprint density at radius 2 is 2.04 bits per heavy atom. The van der Waals surface area contributed by atoms with Crippen LogP contribution >= 0.6 is 11.6 Å². The van der Waals surface area contributed by atoms with Crippen LogP contribution in [0.4, 0.5) is 5.69 Å². The fraction of sp³-hybridized carbons (Fsp3) is 0.350. The Kier molecular flexibility index (Phi) is 5.54. The van der Waals surface area contributed by atoms with Gasteiger partial charge in [0.05, 0.1) is 5.92 Å². The molecule has 4 heteroatoms. The van der Waals surface area contributed by atoms with E-state index in [2.05, 4.69) is 34.5 Å². The monoisotopic (exact) mass is 342 g/mol. The standard InChI is InChI=1S/C20H23ClN2O/c1-15-9-10-18(12-19(15)21)22-20(24)17-8-5-11-23(14-17)13-16-6-3-2-4-7-16/h2-4,6-7,9-10,12,17H,5,8,11,13-14H2,1H3,(H,22,24). The third-order valence-electron chi connectivity index (χ3n) is 4.56. The van der Waals surface area contributed by atoms with Gasteiger partial charge in [0, 0.05) is 23.8 Å². The van der Waals surface area contributed by atoms with Gasteiger partial charge < -0.3 is 5.32 Å². The summed E-state index contributed by atoms with van der Waals surface area (Å²) >= 11 is 6.14. The summed E-state index contributed by atoms with van der Waals surface area (Å²) in [6.07, 6.45) is 2.00. The van der Waals surface area contributed by atoms with Gasteiger partial charge in [0.25, 0.3) is 0 Å². The third kappa shape index (κ3) is 4.37. The van der Waals surface area contributed by atoms with E-state index in [1.54, 1.807) is 0 Å². The first-order valence-electron chi connectivity index (χ1n) is 8.45. The number of benzene rings is 2. The molecule has 126 valence electrons. The molecule has 0 bridgehead atoms. The number of carbonyl (C=O) groups excluding carboxylic acids is 1. The maximum atomic E-state index is 12.6. The van der Waals surface area contributed by atoms with Crippen LogP contribution in [0.1, 0.15) is 24.0 Å². The summed E-state index contributed by atoms with van der Waals surface area (Å²) in [6, 6.07) is 16.1. The second-order valence-electron chi connectivity index (χ2n) is 6.51. The highest BCUT2D eigenvalue weighted by Crippen LogP contribution is 2.23. The lowest BCUT2D eigenvalue weighted by molar-refractivity contribution is -0.121. The lowest BCUT2D eigenvalue weighted by Gasteiger charge is -2.32. The summed E-state index contributed by atoms with van der Waals surface area (Å²) in [5.74, 6) is 0.121. The van der Waals surface area contributed by atoms with Crippen molar-refractivity contribution < 1.29 is 4.79 Å². The Hall–Kier alpha value is -1.84. The molecule has 1 unspecified atom stereocenters. The zero-order valence-corrected chi connectivity index (χ0v) is 14.7. The Morgan fingerprint density at radius 1 is 1.25 bits per heavy atom. The molecule has 0 aromatic heterocycles. The number of piperidine rings is 1. The maximum absolute atomic E-state index is 12.6. The molecular weight excluding hydrogens is 320 g/mol. The number of nitrogens with zero attached hydrogens (tertiary/aromatic N) is 1. The fourth-order valence-electron chi connectivity index (χ4n) is 3.17. The normalized spacial score (nSPS) is 18.3. The lowest BCUT2D eigenvalue weighted by Crippen LogP contribution is -2.40. The zero-order chi connectivity index (χ0) is 16.9. The molecule has 0 saturated carbocycles. The van der Waals surface area contributed by atoms with Crippen LogP contribution in [0.2, 0.25) is 5.02 Å². The summed E-state index contributed by atoms with van der Waals surface area (Å²) in [6.45, 7) is 4.72. The van der Waals surface area contributed by atoms with Crippen LogP contribution in [0.25, 0.3) is 0 Å². The highest BCUT2D eigenvalue weighted by Gasteiger charge is 2.25. The Balaban J connectivity index is 1.59. The molecule has 2 aromatic rings. The molecule has 0 spiro atoms. The minimum Gasteiger partial charge on any atom is -0.326 e. The minimum absolute atomic E-state index is 0.0301. The largest absolute Gasteiger partial charge is 0.326 e. The Bertz CT molecular complexity index is 702. The highest BCUT2D eigenvalue weighted by atomic mass is 35.5. The van der Waals surface area contributed by atoms with E-state index in [4.69, 9.17) is 11.6 Å². The maximum Gasteiger partial charge on any atom is 0.228 e. The molecule has 0 radical (unpaired) electrons. The van der Waals surface area contributed by atoms with E-state index < -0.39 is 0 Å². The van der Waals surface area contributed by atoms with Crippen molar-refractivity contribution in [3.8, 4) is 0 Å². The van der Waals surface area contributed by atoms with Crippen molar-refractivity contribution in [2.75, 3.05) is 18.4 Å². The molecule has 3 nitrogen and oxygen atoms in total. The van der Waals surface area contributed by atoms with E-state index in [1.165, 1.54) is 5.56 Å². The first kappa shape index (κ1) is 17.0. The molecule has 1 saturated heterocycles. The van der Waals surface area contributed by atoms with Gasteiger partial charge in [-0.25, -0.2) is 0 Å². The molecule has 1 atom stereocenters. The van der Waals surface area contributed by atoms with Crippen molar-refractivity contribution in [3.05, 3.63) is 64.7 Å². The molecular formula is C20H23ClN2O. The first-order valence-corrected chi connectivity index (χ1v) is 8.83. The number of hydrogen-bond donors (Lipinski definition) is 1. The van der Waals surface area contributed by atoms with Crippen LogP contribution in [0.3, 0.4) is 0 Å². The number of amides is 1. The molecule has 1 N–H and O–H groups in total. The summed E-state index contributed by atoms with van der Waals surface area (Å²) in [5.41, 5.74) is 3.08. The van der Waals surface area contributed by atoms with Gasteiger partial charge in [0.1, 0.15) is 0 Å². The van der Waals surface area contributed by atoms with Crippen molar-refractivity contribution in [2.45, 2.75) is 26.3 Å². The van der Waals surface area contributed by atoms with Crippen LogP contribution in [0.5, 0.6) is 0 Å². The quantitative estimate of drug-likeness (QED) is 0.887. The van der Waals surface area contributed by atoms with Gasteiger partial charge in [-0.1, -0.05) is 48.0 Å². The number of rotatable bonds is 4. The average molecular weight is 343 g/mol. The van der Waals surface area contributed by atoms with Gasteiger partial charge in [0.15, 0.2) is 0 Å². The highest BCUT2D eigenvalue weighted by molar-refractivity contribution is 6.31. The second-order valence-corrected chi connectivity index (χ2v) is 6.92. The smallest absolute Gasteiger partial charge is 0.228 e. The third-order valence-corrected chi connectivity index (χ3v) is 4.97. The number of anilines is 1. The number of nitrogens with one attached hydrogen (secondary N) is 1. The average Bonchev–Trinajstić information content (AvgIpc) is 2.59. The number of aryl methyl sites for hydroxylation is 1. The summed E-state index contributed by atoms with van der Waals surface area (Å²) in [7, 11) is 0. The molecule has 1 fully saturated rings. The second kappa shape index (κ2) is 7.82.